The van der Waals surface area contributed by atoms with Crippen molar-refractivity contribution in [2.24, 2.45) is 0 Å². The van der Waals surface area contributed by atoms with Crippen LogP contribution >= 0.6 is 11.8 Å². The Kier molecular flexibility index (Phi) is 4.46. The Balaban J connectivity index is 2.11. The molecule has 0 N–H and O–H groups in total. The van der Waals surface area contributed by atoms with Crippen LogP contribution in [0.15, 0.2) is 28.3 Å². The number of pyridine rings is 1. The van der Waals surface area contributed by atoms with Crippen molar-refractivity contribution < 1.29 is 0 Å². The molecule has 0 aromatic carbocycles. The number of nitrogens with zero attached hydrogens (tertiary/aromatic N) is 4. The minimum atomic E-state index is -0.248. The Morgan fingerprint density at radius 2 is 2.21 bits per heavy atom. The van der Waals surface area contributed by atoms with Crippen LogP contribution < -0.4 is 5.56 Å². The lowest BCUT2D eigenvalue weighted by Crippen LogP contribution is -2.29. The molecule has 1 aliphatic rings. The van der Waals surface area contributed by atoms with Gasteiger partial charge in [-0.05, 0) is 25.0 Å². The largest absolute Gasteiger partial charge is 0.286 e. The van der Waals surface area contributed by atoms with E-state index >= 15 is 0 Å². The maximum absolute atomic E-state index is 12.6. The highest BCUT2D eigenvalue weighted by molar-refractivity contribution is 7.99. The zero-order valence-electron chi connectivity index (χ0n) is 14.2. The SMILES string of the molecule is CCC(C)(C)c1ccc(-c2nc3n(c(=O)c2C#N)CCCS3)cn1. The van der Waals surface area contributed by atoms with Gasteiger partial charge in [0.2, 0.25) is 0 Å². The maximum Gasteiger partial charge on any atom is 0.272 e. The van der Waals surface area contributed by atoms with Gasteiger partial charge in [-0.15, -0.1) is 0 Å². The predicted octanol–water partition coefficient (Wildman–Crippen LogP) is 3.36. The van der Waals surface area contributed by atoms with E-state index in [-0.39, 0.29) is 16.5 Å². The van der Waals surface area contributed by atoms with Crippen molar-refractivity contribution >= 4 is 11.8 Å². The summed E-state index contributed by atoms with van der Waals surface area (Å²) in [6.45, 7) is 7.06. The summed E-state index contributed by atoms with van der Waals surface area (Å²) in [6, 6.07) is 5.91. The van der Waals surface area contributed by atoms with Gasteiger partial charge in [0.1, 0.15) is 11.6 Å². The molecule has 124 valence electrons. The molecule has 2 aromatic heterocycles. The number of aromatic nitrogens is 3. The summed E-state index contributed by atoms with van der Waals surface area (Å²) in [6.07, 6.45) is 3.63. The highest BCUT2D eigenvalue weighted by atomic mass is 32.2. The third-order valence-corrected chi connectivity index (χ3v) is 5.68. The summed E-state index contributed by atoms with van der Waals surface area (Å²) in [5.74, 6) is 0.944. The molecule has 2 aromatic rings. The molecule has 3 heterocycles. The van der Waals surface area contributed by atoms with Crippen molar-refractivity contribution in [2.45, 2.75) is 50.7 Å². The molecule has 1 aliphatic heterocycles. The Morgan fingerprint density at radius 1 is 1.42 bits per heavy atom. The molecule has 0 fully saturated rings. The Bertz CT molecular complexity index is 862. The number of fused-ring (bicyclic) bond motifs is 1. The van der Waals surface area contributed by atoms with E-state index in [9.17, 15) is 10.1 Å². The maximum atomic E-state index is 12.6. The predicted molar refractivity (Wildman–Crippen MR) is 95.1 cm³/mol. The average Bonchev–Trinajstić information content (AvgIpc) is 2.62. The van der Waals surface area contributed by atoms with Gasteiger partial charge in [-0.2, -0.15) is 5.26 Å². The van der Waals surface area contributed by atoms with Crippen LogP contribution in [-0.2, 0) is 12.0 Å². The summed E-state index contributed by atoms with van der Waals surface area (Å²) in [4.78, 5) is 21.7. The molecule has 0 aliphatic carbocycles. The fourth-order valence-electron chi connectivity index (χ4n) is 2.65. The molecule has 0 saturated carbocycles. The van der Waals surface area contributed by atoms with Crippen LogP contribution in [0.4, 0.5) is 0 Å². The van der Waals surface area contributed by atoms with Gasteiger partial charge < -0.3 is 0 Å². The van der Waals surface area contributed by atoms with Crippen molar-refractivity contribution in [1.29, 1.82) is 5.26 Å². The van der Waals surface area contributed by atoms with Crippen LogP contribution in [0, 0.1) is 11.3 Å². The molecule has 3 rings (SSSR count). The second-order valence-electron chi connectivity index (χ2n) is 6.56. The van der Waals surface area contributed by atoms with Crippen LogP contribution in [0.5, 0.6) is 0 Å². The molecule has 0 bridgehead atoms. The van der Waals surface area contributed by atoms with Crippen LogP contribution in [-0.4, -0.2) is 20.3 Å². The molecule has 6 heteroatoms. The van der Waals surface area contributed by atoms with Crippen LogP contribution in [0.1, 0.15) is 44.9 Å². The summed E-state index contributed by atoms with van der Waals surface area (Å²) < 4.78 is 1.61. The summed E-state index contributed by atoms with van der Waals surface area (Å²) in [5.41, 5.74) is 2.00. The number of nitriles is 1. The first-order valence-electron chi connectivity index (χ1n) is 8.12. The van der Waals surface area contributed by atoms with Gasteiger partial charge in [0.15, 0.2) is 5.16 Å². The van der Waals surface area contributed by atoms with Crippen molar-refractivity contribution in [3.63, 3.8) is 0 Å². The van der Waals surface area contributed by atoms with E-state index in [1.54, 1.807) is 22.5 Å². The van der Waals surface area contributed by atoms with E-state index in [2.05, 4.69) is 30.7 Å². The fourth-order valence-corrected chi connectivity index (χ4v) is 3.60. The first kappa shape index (κ1) is 16.7. The molecule has 0 saturated heterocycles. The monoisotopic (exact) mass is 340 g/mol. The highest BCUT2D eigenvalue weighted by Gasteiger charge is 2.22. The molecule has 0 unspecified atom stereocenters. The lowest BCUT2D eigenvalue weighted by atomic mass is 9.86. The Labute approximate surface area is 145 Å². The summed E-state index contributed by atoms with van der Waals surface area (Å²) >= 11 is 1.56. The number of hydrogen-bond acceptors (Lipinski definition) is 5. The van der Waals surface area contributed by atoms with Gasteiger partial charge in [-0.25, -0.2) is 4.98 Å². The first-order valence-corrected chi connectivity index (χ1v) is 9.11. The van der Waals surface area contributed by atoms with E-state index in [4.69, 9.17) is 0 Å². The first-order chi connectivity index (χ1) is 11.5. The molecule has 0 radical (unpaired) electrons. The van der Waals surface area contributed by atoms with Crippen LogP contribution in [0.3, 0.4) is 0 Å². The minimum absolute atomic E-state index is 0.00469. The quantitative estimate of drug-likeness (QED) is 0.801. The van der Waals surface area contributed by atoms with E-state index < -0.39 is 0 Å². The van der Waals surface area contributed by atoms with E-state index in [1.807, 2.05) is 18.2 Å². The normalized spacial score (nSPS) is 14.1. The summed E-state index contributed by atoms with van der Waals surface area (Å²) in [7, 11) is 0. The second kappa shape index (κ2) is 6.40. The molecule has 0 amide bonds. The fraction of sp³-hybridized carbons (Fsp3) is 0.444. The van der Waals surface area contributed by atoms with Gasteiger partial charge >= 0.3 is 0 Å². The van der Waals surface area contributed by atoms with E-state index in [0.29, 0.717) is 23.0 Å². The van der Waals surface area contributed by atoms with Crippen molar-refractivity contribution in [1.82, 2.24) is 14.5 Å². The Hall–Kier alpha value is -2.13. The zero-order valence-corrected chi connectivity index (χ0v) is 15.0. The lowest BCUT2D eigenvalue weighted by Gasteiger charge is -2.22. The Morgan fingerprint density at radius 3 is 2.83 bits per heavy atom. The minimum Gasteiger partial charge on any atom is -0.286 e. The topological polar surface area (TPSA) is 71.6 Å². The van der Waals surface area contributed by atoms with Crippen molar-refractivity contribution in [3.8, 4) is 17.3 Å². The van der Waals surface area contributed by atoms with Crippen molar-refractivity contribution in [3.05, 3.63) is 39.9 Å². The van der Waals surface area contributed by atoms with Gasteiger partial charge in [0.05, 0.1) is 5.69 Å². The van der Waals surface area contributed by atoms with Gasteiger partial charge in [-0.1, -0.05) is 32.5 Å². The molecule has 24 heavy (non-hydrogen) atoms. The van der Waals surface area contributed by atoms with Gasteiger partial charge in [0.25, 0.3) is 5.56 Å². The zero-order chi connectivity index (χ0) is 17.3. The van der Waals surface area contributed by atoms with Gasteiger partial charge in [0, 0.05) is 35.2 Å². The number of thioether (sulfide) groups is 1. The summed E-state index contributed by atoms with van der Waals surface area (Å²) in [5, 5.41) is 10.1. The standard InChI is InChI=1S/C18H20N4OS/c1-4-18(2,3)14-7-6-12(11-20-14)15-13(10-19)16(23)22-8-5-9-24-17(22)21-15/h6-7,11H,4-5,8-9H2,1-3H3. The van der Waals surface area contributed by atoms with Crippen LogP contribution in [0.2, 0.25) is 0 Å². The van der Waals surface area contributed by atoms with E-state index in [1.165, 1.54) is 0 Å². The smallest absolute Gasteiger partial charge is 0.272 e. The third-order valence-electron chi connectivity index (χ3n) is 4.62. The molecule has 0 spiro atoms. The number of rotatable bonds is 3. The lowest BCUT2D eigenvalue weighted by molar-refractivity contribution is 0.490. The third kappa shape index (κ3) is 2.84. The number of hydrogen-bond donors (Lipinski definition) is 0. The molecular formula is C18H20N4OS. The van der Waals surface area contributed by atoms with Crippen LogP contribution in [0.25, 0.3) is 11.3 Å². The molecular weight excluding hydrogens is 320 g/mol. The average molecular weight is 340 g/mol. The van der Waals surface area contributed by atoms with Gasteiger partial charge in [-0.3, -0.25) is 14.3 Å². The van der Waals surface area contributed by atoms with E-state index in [0.717, 1.165) is 24.3 Å². The molecule has 0 atom stereocenters. The second-order valence-corrected chi connectivity index (χ2v) is 7.62. The highest BCUT2D eigenvalue weighted by Crippen LogP contribution is 2.29. The molecule has 5 nitrogen and oxygen atoms in total. The van der Waals surface area contributed by atoms with Crippen molar-refractivity contribution in [2.75, 3.05) is 5.75 Å².